The van der Waals surface area contributed by atoms with Gasteiger partial charge in [-0.15, -0.1) is 0 Å². The molecule has 1 aromatic rings. The van der Waals surface area contributed by atoms with E-state index in [-0.39, 0.29) is 11.5 Å². The van der Waals surface area contributed by atoms with E-state index in [4.69, 9.17) is 0 Å². The first-order valence-corrected chi connectivity index (χ1v) is 3.56. The topological polar surface area (TPSA) is 42.3 Å². The molecule has 0 unspecified atom stereocenters. The summed E-state index contributed by atoms with van der Waals surface area (Å²) in [4.78, 5) is 3.68. The van der Waals surface area contributed by atoms with E-state index >= 15 is 0 Å². The van der Waals surface area contributed by atoms with E-state index in [0.29, 0.717) is 11.4 Å². The first-order chi connectivity index (χ1) is 5.24. The van der Waals surface area contributed by atoms with Crippen LogP contribution in [0, 0.1) is 12.7 Å². The number of hydrogen-bond acceptors (Lipinski definition) is 3. The Labute approximate surface area is 66.5 Å². The molecule has 58 valence electrons. The maximum absolute atomic E-state index is 12.4. The number of nitrogens with zero attached hydrogens (tertiary/aromatic N) is 2. The van der Waals surface area contributed by atoms with Gasteiger partial charge in [0.2, 0.25) is 11.5 Å². The van der Waals surface area contributed by atoms with Gasteiger partial charge < -0.3 is 0 Å². The molecule has 0 amide bonds. The monoisotopic (exact) mass is 172 g/mol. The third-order valence-electron chi connectivity index (χ3n) is 1.16. The first kappa shape index (κ1) is 8.00. The fourth-order valence-electron chi connectivity index (χ4n) is 0.630. The maximum Gasteiger partial charge on any atom is 0.205 e. The van der Waals surface area contributed by atoms with E-state index < -0.39 is 5.82 Å². The fourth-order valence-corrected chi connectivity index (χ4v) is 0.895. The summed E-state index contributed by atoms with van der Waals surface area (Å²) >= 11 is 0.0459. The molecule has 0 aliphatic heterocycles. The molecule has 0 aliphatic rings. The largest absolute Gasteiger partial charge is 0.256 e. The molecule has 0 saturated heterocycles. The SMILES string of the molecule is Cc1ncc(F)cc1N=S=O. The van der Waals surface area contributed by atoms with Gasteiger partial charge in [0.25, 0.3) is 0 Å². The Morgan fingerprint density at radius 2 is 2.45 bits per heavy atom. The van der Waals surface area contributed by atoms with E-state index in [2.05, 4.69) is 9.35 Å². The van der Waals surface area contributed by atoms with E-state index in [0.717, 1.165) is 6.20 Å². The van der Waals surface area contributed by atoms with Crippen molar-refractivity contribution in [2.24, 2.45) is 4.36 Å². The molecule has 0 spiro atoms. The molecule has 5 heteroatoms. The van der Waals surface area contributed by atoms with Gasteiger partial charge in [0.1, 0.15) is 11.5 Å². The summed E-state index contributed by atoms with van der Waals surface area (Å²) in [5.74, 6) is -0.483. The normalized spacial score (nSPS) is 9.27. The van der Waals surface area contributed by atoms with Crippen LogP contribution in [0.5, 0.6) is 0 Å². The molecule has 0 bridgehead atoms. The van der Waals surface area contributed by atoms with Gasteiger partial charge in [-0.05, 0) is 6.92 Å². The van der Waals surface area contributed by atoms with Crippen LogP contribution >= 0.6 is 0 Å². The van der Waals surface area contributed by atoms with Crippen LogP contribution in [0.25, 0.3) is 0 Å². The molecule has 0 fully saturated rings. The lowest BCUT2D eigenvalue weighted by Crippen LogP contribution is -1.82. The standard InChI is InChI=1S/C6H5FN2OS/c1-4-6(9-11-10)2-5(7)3-8-4/h2-3H,1H3. The maximum atomic E-state index is 12.4. The lowest BCUT2D eigenvalue weighted by molar-refractivity contribution is 0.621. The third-order valence-corrected chi connectivity index (χ3v) is 1.43. The molecule has 0 atom stereocenters. The minimum atomic E-state index is -0.483. The van der Waals surface area contributed by atoms with E-state index in [1.165, 1.54) is 6.07 Å². The zero-order valence-corrected chi connectivity index (χ0v) is 6.56. The third kappa shape index (κ3) is 1.91. The van der Waals surface area contributed by atoms with Gasteiger partial charge >= 0.3 is 0 Å². The summed E-state index contributed by atoms with van der Waals surface area (Å²) in [7, 11) is 0. The summed E-state index contributed by atoms with van der Waals surface area (Å²) in [5, 5.41) is 0. The number of aryl methyl sites for hydroxylation is 1. The van der Waals surface area contributed by atoms with Crippen molar-refractivity contribution < 1.29 is 8.60 Å². The van der Waals surface area contributed by atoms with Gasteiger partial charge in [0.15, 0.2) is 0 Å². The highest BCUT2D eigenvalue weighted by atomic mass is 32.1. The van der Waals surface area contributed by atoms with Gasteiger partial charge in [0, 0.05) is 6.07 Å². The Morgan fingerprint density at radius 1 is 1.73 bits per heavy atom. The van der Waals surface area contributed by atoms with Crippen molar-refractivity contribution in [1.29, 1.82) is 0 Å². The Kier molecular flexibility index (Phi) is 2.43. The van der Waals surface area contributed by atoms with Gasteiger partial charge in [-0.2, -0.15) is 8.57 Å². The number of halogens is 1. The molecule has 0 aromatic carbocycles. The second kappa shape index (κ2) is 3.34. The summed E-state index contributed by atoms with van der Waals surface area (Å²) in [6, 6.07) is 1.17. The molecular weight excluding hydrogens is 167 g/mol. The molecule has 1 aromatic heterocycles. The predicted octanol–water partition coefficient (Wildman–Crippen LogP) is 1.56. The predicted molar refractivity (Wildman–Crippen MR) is 39.2 cm³/mol. The molecule has 1 heterocycles. The quantitative estimate of drug-likeness (QED) is 0.645. The molecule has 0 saturated carbocycles. The van der Waals surface area contributed by atoms with Crippen LogP contribution in [0.15, 0.2) is 16.6 Å². The molecule has 11 heavy (non-hydrogen) atoms. The van der Waals surface area contributed by atoms with Gasteiger partial charge in [-0.3, -0.25) is 4.98 Å². The summed E-state index contributed by atoms with van der Waals surface area (Å²) in [6.07, 6.45) is 1.09. The van der Waals surface area contributed by atoms with Crippen LogP contribution in [0.2, 0.25) is 0 Å². The van der Waals surface area contributed by atoms with Crippen LogP contribution < -0.4 is 0 Å². The van der Waals surface area contributed by atoms with Crippen molar-refractivity contribution in [1.82, 2.24) is 4.98 Å². The van der Waals surface area contributed by atoms with Crippen molar-refractivity contribution in [2.45, 2.75) is 6.92 Å². The second-order valence-corrected chi connectivity index (χ2v) is 2.26. The average molecular weight is 172 g/mol. The summed E-state index contributed by atoms with van der Waals surface area (Å²) < 4.78 is 25.8. The highest BCUT2D eigenvalue weighted by Crippen LogP contribution is 2.15. The lowest BCUT2D eigenvalue weighted by atomic mass is 10.3. The number of rotatable bonds is 1. The Balaban J connectivity index is 3.22. The highest BCUT2D eigenvalue weighted by molar-refractivity contribution is 7.54. The van der Waals surface area contributed by atoms with Gasteiger partial charge in [-0.1, -0.05) is 0 Å². The minimum absolute atomic E-state index is 0.0459. The Hall–Kier alpha value is -1.10. The molecule has 3 nitrogen and oxygen atoms in total. The summed E-state index contributed by atoms with van der Waals surface area (Å²) in [6.45, 7) is 1.66. The van der Waals surface area contributed by atoms with Crippen molar-refractivity contribution in [3.63, 3.8) is 0 Å². The molecular formula is C6H5FN2OS. The molecule has 1 rings (SSSR count). The number of aromatic nitrogens is 1. The van der Waals surface area contributed by atoms with Crippen molar-refractivity contribution in [3.8, 4) is 0 Å². The molecule has 0 aliphatic carbocycles. The first-order valence-electron chi connectivity index (χ1n) is 2.86. The molecule has 0 radical (unpaired) electrons. The van der Waals surface area contributed by atoms with Crippen molar-refractivity contribution in [2.75, 3.05) is 0 Å². The second-order valence-electron chi connectivity index (χ2n) is 1.92. The van der Waals surface area contributed by atoms with Gasteiger partial charge in [0.05, 0.1) is 11.9 Å². The van der Waals surface area contributed by atoms with Crippen LogP contribution in [-0.4, -0.2) is 9.19 Å². The fraction of sp³-hybridized carbons (Fsp3) is 0.167. The van der Waals surface area contributed by atoms with Crippen LogP contribution in [-0.2, 0) is 11.5 Å². The van der Waals surface area contributed by atoms with Crippen molar-refractivity contribution >= 4 is 17.2 Å². The van der Waals surface area contributed by atoms with E-state index in [1.54, 1.807) is 6.92 Å². The number of pyridine rings is 1. The van der Waals surface area contributed by atoms with Crippen LogP contribution in [0.1, 0.15) is 5.69 Å². The van der Waals surface area contributed by atoms with Crippen LogP contribution in [0.4, 0.5) is 10.1 Å². The summed E-state index contributed by atoms with van der Waals surface area (Å²) in [5.41, 5.74) is 0.847. The lowest BCUT2D eigenvalue weighted by Gasteiger charge is -1.94. The van der Waals surface area contributed by atoms with E-state index in [1.807, 2.05) is 0 Å². The van der Waals surface area contributed by atoms with Crippen LogP contribution in [0.3, 0.4) is 0 Å². The Morgan fingerprint density at radius 3 is 3.09 bits per heavy atom. The zero-order chi connectivity index (χ0) is 8.27. The van der Waals surface area contributed by atoms with Crippen molar-refractivity contribution in [3.05, 3.63) is 23.8 Å². The van der Waals surface area contributed by atoms with Gasteiger partial charge in [-0.25, -0.2) is 4.39 Å². The number of hydrogen-bond donors (Lipinski definition) is 0. The molecule has 0 N–H and O–H groups in total. The Bertz CT molecular complexity index is 322. The average Bonchev–Trinajstić information content (AvgIpc) is 1.98. The minimum Gasteiger partial charge on any atom is -0.256 e. The zero-order valence-electron chi connectivity index (χ0n) is 5.74. The van der Waals surface area contributed by atoms with E-state index in [9.17, 15) is 8.60 Å². The highest BCUT2D eigenvalue weighted by Gasteiger charge is 1.98. The smallest absolute Gasteiger partial charge is 0.205 e.